The number of nitrogens with zero attached hydrogens (tertiary/aromatic N) is 1. The fraction of sp³-hybridized carbons (Fsp3) is 0.632. The van der Waals surface area contributed by atoms with Gasteiger partial charge in [0.05, 0.1) is 20.5 Å². The first-order valence-electron chi connectivity index (χ1n) is 9.30. The van der Waals surface area contributed by atoms with Gasteiger partial charge < -0.3 is 14.8 Å². The summed E-state index contributed by atoms with van der Waals surface area (Å²) >= 11 is 0. The number of nitrogens with one attached hydrogen (secondary N) is 1. The molecule has 0 radical (unpaired) electrons. The van der Waals surface area contributed by atoms with Gasteiger partial charge in [0.2, 0.25) is 15.9 Å². The second-order valence-electron chi connectivity index (χ2n) is 7.39. The Morgan fingerprint density at radius 2 is 1.85 bits per heavy atom. The number of hydrogen-bond acceptors (Lipinski definition) is 5. The van der Waals surface area contributed by atoms with E-state index in [2.05, 4.69) is 5.32 Å². The molecule has 1 N–H and O–H groups in total. The molecule has 2 fully saturated rings. The Morgan fingerprint density at radius 3 is 2.41 bits per heavy atom. The summed E-state index contributed by atoms with van der Waals surface area (Å²) in [5.74, 6) is 1.42. The van der Waals surface area contributed by atoms with Crippen molar-refractivity contribution in [2.75, 3.05) is 20.5 Å². The molecule has 1 aromatic carbocycles. The number of sulfonamides is 1. The molecular weight excluding hydrogens is 368 g/mol. The predicted molar refractivity (Wildman–Crippen MR) is 103 cm³/mol. The maximum atomic E-state index is 12.4. The van der Waals surface area contributed by atoms with Gasteiger partial charge in [-0.3, -0.25) is 4.79 Å². The molecule has 27 heavy (non-hydrogen) atoms. The van der Waals surface area contributed by atoms with Gasteiger partial charge in [0, 0.05) is 30.6 Å². The second kappa shape index (κ2) is 8.06. The molecule has 0 spiro atoms. The normalized spacial score (nSPS) is 25.2. The van der Waals surface area contributed by atoms with E-state index in [4.69, 9.17) is 9.47 Å². The molecule has 0 aliphatic carbocycles. The van der Waals surface area contributed by atoms with E-state index in [9.17, 15) is 13.2 Å². The Bertz CT molecular complexity index is 781. The number of amides is 1. The molecule has 3 rings (SSSR count). The van der Waals surface area contributed by atoms with Crippen molar-refractivity contribution in [2.45, 2.75) is 56.7 Å². The Morgan fingerprint density at radius 1 is 1.19 bits per heavy atom. The molecule has 2 aliphatic heterocycles. The number of piperidine rings is 1. The van der Waals surface area contributed by atoms with Crippen LogP contribution in [-0.4, -0.2) is 57.2 Å². The van der Waals surface area contributed by atoms with Gasteiger partial charge >= 0.3 is 0 Å². The van der Waals surface area contributed by atoms with Gasteiger partial charge in [0.15, 0.2) is 0 Å². The Balaban J connectivity index is 1.54. The first kappa shape index (κ1) is 19.9. The zero-order valence-corrected chi connectivity index (χ0v) is 16.9. The molecular formula is C19H28N2O5S. The Hall–Kier alpha value is -1.80. The number of carbonyl (C=O) groups excluding carboxylic acids is 1. The highest BCUT2D eigenvalue weighted by Crippen LogP contribution is 2.37. The fourth-order valence-electron chi connectivity index (χ4n) is 4.40. The smallest absolute Gasteiger partial charge is 0.220 e. The molecule has 2 heterocycles. The van der Waals surface area contributed by atoms with Crippen LogP contribution in [0.2, 0.25) is 0 Å². The summed E-state index contributed by atoms with van der Waals surface area (Å²) in [6.45, 7) is 0. The Labute approximate surface area is 161 Å². The van der Waals surface area contributed by atoms with Crippen molar-refractivity contribution in [1.29, 1.82) is 0 Å². The van der Waals surface area contributed by atoms with Gasteiger partial charge in [-0.15, -0.1) is 0 Å². The summed E-state index contributed by atoms with van der Waals surface area (Å²) < 4.78 is 36.1. The molecule has 2 bridgehead atoms. The van der Waals surface area contributed by atoms with Gasteiger partial charge in [-0.1, -0.05) is 6.07 Å². The van der Waals surface area contributed by atoms with E-state index in [0.29, 0.717) is 37.2 Å². The van der Waals surface area contributed by atoms with E-state index in [0.717, 1.165) is 18.4 Å². The summed E-state index contributed by atoms with van der Waals surface area (Å²) in [5, 5.41) is 3.10. The van der Waals surface area contributed by atoms with Crippen molar-refractivity contribution in [3.8, 4) is 11.5 Å². The summed E-state index contributed by atoms with van der Waals surface area (Å²) in [7, 11) is 0.0253. The first-order chi connectivity index (χ1) is 12.8. The third kappa shape index (κ3) is 4.55. The van der Waals surface area contributed by atoms with Crippen LogP contribution in [0.15, 0.2) is 18.2 Å². The number of ether oxygens (including phenoxy) is 2. The second-order valence-corrected chi connectivity index (χ2v) is 9.28. The lowest BCUT2D eigenvalue weighted by Gasteiger charge is -2.37. The van der Waals surface area contributed by atoms with Crippen LogP contribution in [0.1, 0.15) is 37.7 Å². The highest BCUT2D eigenvalue weighted by atomic mass is 32.2. The third-order valence-corrected chi connectivity index (χ3v) is 6.89. The SMILES string of the molecule is COc1ccc(CCC(=O)NC2CC3CCC(C2)N3S(C)(=O)=O)c(OC)c1. The number of rotatable bonds is 7. The van der Waals surface area contributed by atoms with E-state index in [1.54, 1.807) is 18.5 Å². The van der Waals surface area contributed by atoms with E-state index >= 15 is 0 Å². The van der Waals surface area contributed by atoms with Crippen LogP contribution in [0.25, 0.3) is 0 Å². The minimum absolute atomic E-state index is 0.00919. The number of hydrogen-bond donors (Lipinski definition) is 1. The van der Waals surface area contributed by atoms with Crippen molar-refractivity contribution < 1.29 is 22.7 Å². The molecule has 7 nitrogen and oxygen atoms in total. The van der Waals surface area contributed by atoms with E-state index in [-0.39, 0.29) is 24.0 Å². The van der Waals surface area contributed by atoms with E-state index in [1.807, 2.05) is 18.2 Å². The summed E-state index contributed by atoms with van der Waals surface area (Å²) in [4.78, 5) is 12.4. The summed E-state index contributed by atoms with van der Waals surface area (Å²) in [6.07, 6.45) is 5.38. The topological polar surface area (TPSA) is 84.9 Å². The van der Waals surface area contributed by atoms with Crippen molar-refractivity contribution in [1.82, 2.24) is 9.62 Å². The van der Waals surface area contributed by atoms with Crippen molar-refractivity contribution in [2.24, 2.45) is 0 Å². The highest BCUT2D eigenvalue weighted by Gasteiger charge is 2.45. The van der Waals surface area contributed by atoms with Gasteiger partial charge in [-0.05, 0) is 43.7 Å². The molecule has 150 valence electrons. The predicted octanol–water partition coefficient (Wildman–Crippen LogP) is 1.71. The lowest BCUT2D eigenvalue weighted by molar-refractivity contribution is -0.122. The standard InChI is InChI=1S/C19H28N2O5S/c1-25-17-8-4-13(18(12-17)26-2)5-9-19(22)20-14-10-15-6-7-16(11-14)21(15)27(3,23)24/h4,8,12,14-16H,5-7,9-11H2,1-3H3,(H,20,22). The minimum atomic E-state index is -3.18. The van der Waals surface area contributed by atoms with E-state index in [1.165, 1.54) is 6.26 Å². The lowest BCUT2D eigenvalue weighted by atomic mass is 9.99. The van der Waals surface area contributed by atoms with Gasteiger partial charge in [0.1, 0.15) is 11.5 Å². The van der Waals surface area contributed by atoms with Gasteiger partial charge in [0.25, 0.3) is 0 Å². The molecule has 1 amide bonds. The zero-order chi connectivity index (χ0) is 19.6. The Kier molecular flexibility index (Phi) is 5.95. The third-order valence-electron chi connectivity index (χ3n) is 5.53. The number of aryl methyl sites for hydroxylation is 1. The van der Waals surface area contributed by atoms with Crippen LogP contribution in [0.3, 0.4) is 0 Å². The largest absolute Gasteiger partial charge is 0.497 e. The van der Waals surface area contributed by atoms with Crippen LogP contribution < -0.4 is 14.8 Å². The van der Waals surface area contributed by atoms with Crippen LogP contribution in [0, 0.1) is 0 Å². The van der Waals surface area contributed by atoms with Crippen LogP contribution in [-0.2, 0) is 21.2 Å². The fourth-order valence-corrected chi connectivity index (χ4v) is 5.87. The number of fused-ring (bicyclic) bond motifs is 2. The number of methoxy groups -OCH3 is 2. The maximum Gasteiger partial charge on any atom is 0.220 e. The molecule has 1 aromatic rings. The first-order valence-corrected chi connectivity index (χ1v) is 11.2. The molecule has 2 saturated heterocycles. The summed E-state index contributed by atoms with van der Waals surface area (Å²) in [5.41, 5.74) is 0.959. The summed E-state index contributed by atoms with van der Waals surface area (Å²) in [6, 6.07) is 5.66. The van der Waals surface area contributed by atoms with Crippen LogP contribution in [0.4, 0.5) is 0 Å². The number of carbonyl (C=O) groups is 1. The lowest BCUT2D eigenvalue weighted by Crippen LogP contribution is -2.52. The van der Waals surface area contributed by atoms with Crippen LogP contribution >= 0.6 is 0 Å². The molecule has 2 unspecified atom stereocenters. The van der Waals surface area contributed by atoms with Crippen molar-refractivity contribution in [3.63, 3.8) is 0 Å². The van der Waals surface area contributed by atoms with E-state index < -0.39 is 10.0 Å². The molecule has 0 aromatic heterocycles. The average molecular weight is 397 g/mol. The minimum Gasteiger partial charge on any atom is -0.497 e. The van der Waals surface area contributed by atoms with Gasteiger partial charge in [-0.25, -0.2) is 8.42 Å². The highest BCUT2D eigenvalue weighted by molar-refractivity contribution is 7.88. The van der Waals surface area contributed by atoms with Crippen molar-refractivity contribution >= 4 is 15.9 Å². The average Bonchev–Trinajstić information content (AvgIpc) is 2.92. The molecule has 2 aliphatic rings. The maximum absolute atomic E-state index is 12.4. The molecule has 2 atom stereocenters. The monoisotopic (exact) mass is 396 g/mol. The quantitative estimate of drug-likeness (QED) is 0.758. The van der Waals surface area contributed by atoms with Gasteiger partial charge in [-0.2, -0.15) is 4.31 Å². The number of benzene rings is 1. The van der Waals surface area contributed by atoms with Crippen molar-refractivity contribution in [3.05, 3.63) is 23.8 Å². The molecule has 8 heteroatoms. The van der Waals surface area contributed by atoms with Crippen LogP contribution in [0.5, 0.6) is 11.5 Å². The zero-order valence-electron chi connectivity index (χ0n) is 16.1. The molecule has 0 saturated carbocycles.